The lowest BCUT2D eigenvalue weighted by Gasteiger charge is -2.16. The molecular weight excluding hydrogens is 310 g/mol. The topological polar surface area (TPSA) is 26.0 Å². The third-order valence-electron chi connectivity index (χ3n) is 4.02. The molecular formula is C18H22BrN. The SMILES string of the molecule is CCC(C)c1ccc(C(N)c2ccc(Br)c(C)c2)cc1. The van der Waals surface area contributed by atoms with E-state index in [1.54, 1.807) is 0 Å². The summed E-state index contributed by atoms with van der Waals surface area (Å²) in [7, 11) is 0. The summed E-state index contributed by atoms with van der Waals surface area (Å²) in [5, 5.41) is 0. The number of aryl methyl sites for hydroxylation is 1. The van der Waals surface area contributed by atoms with Crippen LogP contribution >= 0.6 is 15.9 Å². The minimum absolute atomic E-state index is 0.0622. The highest BCUT2D eigenvalue weighted by Crippen LogP contribution is 2.26. The molecule has 0 heterocycles. The fourth-order valence-electron chi connectivity index (χ4n) is 2.32. The first-order valence-corrected chi connectivity index (χ1v) is 7.93. The molecule has 0 aliphatic carbocycles. The van der Waals surface area contributed by atoms with Crippen LogP contribution in [0.2, 0.25) is 0 Å². The average Bonchev–Trinajstić information content (AvgIpc) is 2.48. The summed E-state index contributed by atoms with van der Waals surface area (Å²) in [6, 6.07) is 15.0. The van der Waals surface area contributed by atoms with Crippen LogP contribution in [0.4, 0.5) is 0 Å². The first-order chi connectivity index (χ1) is 9.52. The molecule has 2 N–H and O–H groups in total. The van der Waals surface area contributed by atoms with E-state index >= 15 is 0 Å². The number of hydrogen-bond donors (Lipinski definition) is 1. The number of nitrogens with two attached hydrogens (primary N) is 1. The Morgan fingerprint density at radius 2 is 1.55 bits per heavy atom. The zero-order chi connectivity index (χ0) is 14.7. The standard InChI is InChI=1S/C18H22BrN/c1-4-12(2)14-5-7-15(8-6-14)18(20)16-9-10-17(19)13(3)11-16/h5-12,18H,4,20H2,1-3H3. The van der Waals surface area contributed by atoms with Gasteiger partial charge in [-0.2, -0.15) is 0 Å². The van der Waals surface area contributed by atoms with Crippen LogP contribution in [-0.2, 0) is 0 Å². The van der Waals surface area contributed by atoms with Crippen molar-refractivity contribution in [1.29, 1.82) is 0 Å². The molecule has 0 saturated carbocycles. The maximum Gasteiger partial charge on any atom is 0.0551 e. The monoisotopic (exact) mass is 331 g/mol. The van der Waals surface area contributed by atoms with E-state index in [0.29, 0.717) is 5.92 Å². The average molecular weight is 332 g/mol. The van der Waals surface area contributed by atoms with Crippen molar-refractivity contribution < 1.29 is 0 Å². The molecule has 0 aromatic heterocycles. The molecule has 20 heavy (non-hydrogen) atoms. The van der Waals surface area contributed by atoms with Crippen LogP contribution in [0.25, 0.3) is 0 Å². The smallest absolute Gasteiger partial charge is 0.0551 e. The van der Waals surface area contributed by atoms with Gasteiger partial charge in [0, 0.05) is 4.47 Å². The predicted molar refractivity (Wildman–Crippen MR) is 90.1 cm³/mol. The number of hydrogen-bond acceptors (Lipinski definition) is 1. The lowest BCUT2D eigenvalue weighted by molar-refractivity contribution is 0.732. The molecule has 0 fully saturated rings. The van der Waals surface area contributed by atoms with Gasteiger partial charge in [-0.1, -0.05) is 66.2 Å². The van der Waals surface area contributed by atoms with Crippen LogP contribution in [0, 0.1) is 6.92 Å². The molecule has 0 bridgehead atoms. The maximum absolute atomic E-state index is 6.38. The fraction of sp³-hybridized carbons (Fsp3) is 0.333. The van der Waals surface area contributed by atoms with Gasteiger partial charge in [-0.25, -0.2) is 0 Å². The molecule has 0 aliphatic heterocycles. The van der Waals surface area contributed by atoms with Crippen molar-refractivity contribution in [3.05, 3.63) is 69.2 Å². The van der Waals surface area contributed by atoms with E-state index in [-0.39, 0.29) is 6.04 Å². The van der Waals surface area contributed by atoms with E-state index in [1.165, 1.54) is 16.7 Å². The Balaban J connectivity index is 2.24. The van der Waals surface area contributed by atoms with Crippen LogP contribution in [0.1, 0.15) is 54.5 Å². The summed E-state index contributed by atoms with van der Waals surface area (Å²) in [6.45, 7) is 6.56. The van der Waals surface area contributed by atoms with E-state index in [1.807, 2.05) is 0 Å². The molecule has 0 amide bonds. The Hall–Kier alpha value is -1.12. The molecule has 2 rings (SSSR count). The van der Waals surface area contributed by atoms with Crippen molar-refractivity contribution in [2.24, 2.45) is 5.73 Å². The number of halogens is 1. The summed E-state index contributed by atoms with van der Waals surface area (Å²) >= 11 is 3.53. The van der Waals surface area contributed by atoms with Crippen molar-refractivity contribution in [3.8, 4) is 0 Å². The van der Waals surface area contributed by atoms with Crippen molar-refractivity contribution in [1.82, 2.24) is 0 Å². The highest BCUT2D eigenvalue weighted by atomic mass is 79.9. The molecule has 2 atom stereocenters. The van der Waals surface area contributed by atoms with Crippen molar-refractivity contribution in [2.75, 3.05) is 0 Å². The minimum atomic E-state index is -0.0622. The van der Waals surface area contributed by atoms with Gasteiger partial charge in [0.25, 0.3) is 0 Å². The number of rotatable bonds is 4. The molecule has 2 aromatic rings. The highest BCUT2D eigenvalue weighted by molar-refractivity contribution is 9.10. The second kappa shape index (κ2) is 6.55. The van der Waals surface area contributed by atoms with Crippen LogP contribution < -0.4 is 5.73 Å². The Morgan fingerprint density at radius 1 is 1.00 bits per heavy atom. The normalized spacial score (nSPS) is 14.1. The lowest BCUT2D eigenvalue weighted by atomic mass is 9.93. The number of benzene rings is 2. The molecule has 106 valence electrons. The van der Waals surface area contributed by atoms with Crippen molar-refractivity contribution in [2.45, 2.75) is 39.2 Å². The summed E-state index contributed by atoms with van der Waals surface area (Å²) in [4.78, 5) is 0. The van der Waals surface area contributed by atoms with Crippen LogP contribution in [0.3, 0.4) is 0 Å². The zero-order valence-corrected chi connectivity index (χ0v) is 13.9. The van der Waals surface area contributed by atoms with Gasteiger partial charge in [0.1, 0.15) is 0 Å². The molecule has 2 heteroatoms. The van der Waals surface area contributed by atoms with Crippen LogP contribution in [-0.4, -0.2) is 0 Å². The third kappa shape index (κ3) is 3.31. The van der Waals surface area contributed by atoms with Gasteiger partial charge in [0.15, 0.2) is 0 Å². The second-order valence-corrected chi connectivity index (χ2v) is 6.32. The molecule has 0 radical (unpaired) electrons. The molecule has 0 aliphatic rings. The predicted octanol–water partition coefficient (Wildman–Crippen LogP) is 5.32. The molecule has 1 nitrogen and oxygen atoms in total. The molecule has 2 aromatic carbocycles. The van der Waals surface area contributed by atoms with Crippen molar-refractivity contribution >= 4 is 15.9 Å². The summed E-state index contributed by atoms with van der Waals surface area (Å²) < 4.78 is 1.13. The van der Waals surface area contributed by atoms with Gasteiger partial charge in [-0.05, 0) is 47.6 Å². The van der Waals surface area contributed by atoms with Gasteiger partial charge in [-0.15, -0.1) is 0 Å². The van der Waals surface area contributed by atoms with Gasteiger partial charge in [0.2, 0.25) is 0 Å². The Bertz CT molecular complexity index is 574. The van der Waals surface area contributed by atoms with Gasteiger partial charge >= 0.3 is 0 Å². The van der Waals surface area contributed by atoms with E-state index in [2.05, 4.69) is 79.2 Å². The molecule has 2 unspecified atom stereocenters. The first kappa shape index (κ1) is 15.3. The van der Waals surface area contributed by atoms with Gasteiger partial charge < -0.3 is 5.73 Å². The maximum atomic E-state index is 6.38. The van der Waals surface area contributed by atoms with Crippen LogP contribution in [0.5, 0.6) is 0 Å². The Kier molecular flexibility index (Phi) is 5.00. The van der Waals surface area contributed by atoms with Crippen molar-refractivity contribution in [3.63, 3.8) is 0 Å². The lowest BCUT2D eigenvalue weighted by Crippen LogP contribution is -2.12. The van der Waals surface area contributed by atoms with E-state index in [4.69, 9.17) is 5.73 Å². The molecule has 0 saturated heterocycles. The summed E-state index contributed by atoms with van der Waals surface area (Å²) in [5.74, 6) is 0.607. The Labute approximate surface area is 130 Å². The molecule has 0 spiro atoms. The van der Waals surface area contributed by atoms with E-state index in [9.17, 15) is 0 Å². The Morgan fingerprint density at radius 3 is 2.10 bits per heavy atom. The fourth-order valence-corrected chi connectivity index (χ4v) is 2.57. The van der Waals surface area contributed by atoms with Gasteiger partial charge in [0.05, 0.1) is 6.04 Å². The zero-order valence-electron chi connectivity index (χ0n) is 12.4. The first-order valence-electron chi connectivity index (χ1n) is 7.14. The highest BCUT2D eigenvalue weighted by Gasteiger charge is 2.11. The summed E-state index contributed by atoms with van der Waals surface area (Å²) in [6.07, 6.45) is 1.16. The third-order valence-corrected chi connectivity index (χ3v) is 4.91. The quantitative estimate of drug-likeness (QED) is 0.806. The minimum Gasteiger partial charge on any atom is -0.320 e. The van der Waals surface area contributed by atoms with E-state index in [0.717, 1.165) is 16.5 Å². The van der Waals surface area contributed by atoms with E-state index < -0.39 is 0 Å². The summed E-state index contributed by atoms with van der Waals surface area (Å²) in [5.41, 5.74) is 11.3. The largest absolute Gasteiger partial charge is 0.320 e. The van der Waals surface area contributed by atoms with Gasteiger partial charge in [-0.3, -0.25) is 0 Å². The second-order valence-electron chi connectivity index (χ2n) is 5.46. The van der Waals surface area contributed by atoms with Crippen LogP contribution in [0.15, 0.2) is 46.9 Å².